The average Bonchev–Trinajstić information content (AvgIpc) is 2.60. The van der Waals surface area contributed by atoms with E-state index in [1.54, 1.807) is 11.3 Å². The Morgan fingerprint density at radius 2 is 2.62 bits per heavy atom. The van der Waals surface area contributed by atoms with Gasteiger partial charge in [0.2, 0.25) is 0 Å². The molecule has 72 valence electrons. The maximum absolute atomic E-state index is 9.04. The van der Waals surface area contributed by atoms with Crippen molar-refractivity contribution in [2.75, 3.05) is 13.2 Å². The van der Waals surface area contributed by atoms with Crippen molar-refractivity contribution in [1.82, 2.24) is 4.98 Å². The van der Waals surface area contributed by atoms with Crippen LogP contribution in [0.4, 0.5) is 0 Å². The van der Waals surface area contributed by atoms with Gasteiger partial charge in [-0.25, -0.2) is 0 Å². The summed E-state index contributed by atoms with van der Waals surface area (Å²) in [6, 6.07) is 0. The van der Waals surface area contributed by atoms with Crippen molar-refractivity contribution >= 4 is 47.4 Å². The van der Waals surface area contributed by atoms with Gasteiger partial charge in [-0.3, -0.25) is 0 Å². The normalized spacial score (nSPS) is 20.3. The monoisotopic (exact) mass is 346 g/mol. The number of hydrogen-bond acceptors (Lipinski definition) is 5. The van der Waals surface area contributed by atoms with E-state index in [2.05, 4.69) is 34.0 Å². The number of nitrogens with zero attached hydrogens (tertiary/aromatic N) is 1. The summed E-state index contributed by atoms with van der Waals surface area (Å²) in [4.78, 5) is 5.37. The third kappa shape index (κ3) is 1.97. The zero-order chi connectivity index (χ0) is 9.42. The van der Waals surface area contributed by atoms with Gasteiger partial charge in [0.25, 0.3) is 0 Å². The fraction of sp³-hybridized carbons (Fsp3) is 0.500. The molecule has 1 atom stereocenters. The van der Waals surface area contributed by atoms with E-state index in [-0.39, 0.29) is 19.6 Å². The second kappa shape index (κ2) is 4.18. The van der Waals surface area contributed by atoms with E-state index in [0.29, 0.717) is 12.5 Å². The minimum absolute atomic E-state index is 0.120. The SMILES string of the molecule is OCC1COc2nc([S-](#P)I)sc21. The van der Waals surface area contributed by atoms with Gasteiger partial charge in [0.15, 0.2) is 0 Å². The molecule has 1 aliphatic heterocycles. The van der Waals surface area contributed by atoms with Crippen LogP contribution in [0.15, 0.2) is 4.34 Å². The van der Waals surface area contributed by atoms with Crippen LogP contribution in [0.2, 0.25) is 0 Å². The molecule has 2 heterocycles. The summed E-state index contributed by atoms with van der Waals surface area (Å²) in [6.07, 6.45) is 0. The van der Waals surface area contributed by atoms with Crippen molar-refractivity contribution in [2.45, 2.75) is 10.3 Å². The predicted molar refractivity (Wildman–Crippen MR) is 64.0 cm³/mol. The molecule has 13 heavy (non-hydrogen) atoms. The van der Waals surface area contributed by atoms with Crippen LogP contribution >= 0.6 is 40.4 Å². The number of hydrogen-bond donors (Lipinski definition) is 1. The molecule has 0 saturated carbocycles. The fourth-order valence-corrected chi connectivity index (χ4v) is 4.21. The molecular formula is C6H6INO2PS2-. The predicted octanol–water partition coefficient (Wildman–Crippen LogP) is 2.26. The van der Waals surface area contributed by atoms with Gasteiger partial charge in [-0.2, -0.15) is 0 Å². The third-order valence-electron chi connectivity index (χ3n) is 1.76. The molecule has 1 N–H and O–H groups in total. The van der Waals surface area contributed by atoms with Crippen LogP contribution in [0, 0.1) is 0 Å². The van der Waals surface area contributed by atoms with E-state index in [1.165, 1.54) is 0 Å². The van der Waals surface area contributed by atoms with E-state index in [0.717, 1.165) is 9.22 Å². The molecule has 1 aliphatic rings. The summed E-state index contributed by atoms with van der Waals surface area (Å²) in [7, 11) is 4.17. The number of fused-ring (bicyclic) bond motifs is 1. The molecule has 0 radical (unpaired) electrons. The first-order valence-electron chi connectivity index (χ1n) is 3.56. The van der Waals surface area contributed by atoms with Gasteiger partial charge < -0.3 is 0 Å². The first-order chi connectivity index (χ1) is 6.22. The molecule has 0 aliphatic carbocycles. The van der Waals surface area contributed by atoms with Gasteiger partial charge in [-0.1, -0.05) is 0 Å². The van der Waals surface area contributed by atoms with Crippen LogP contribution in [-0.2, 0) is 7.04 Å². The van der Waals surface area contributed by atoms with E-state index in [1.807, 2.05) is 0 Å². The molecule has 7 heteroatoms. The summed E-state index contributed by atoms with van der Waals surface area (Å²) in [5, 5.41) is 9.04. The van der Waals surface area contributed by atoms with Gasteiger partial charge >= 0.3 is 96.5 Å². The molecule has 0 saturated heterocycles. The van der Waals surface area contributed by atoms with Crippen molar-refractivity contribution in [3.63, 3.8) is 0 Å². The molecule has 2 rings (SSSR count). The molecule has 0 spiro atoms. The zero-order valence-electron chi connectivity index (χ0n) is 6.44. The molecular weight excluding hydrogens is 340 g/mol. The molecule has 0 bridgehead atoms. The summed E-state index contributed by atoms with van der Waals surface area (Å²) >= 11 is 3.81. The van der Waals surface area contributed by atoms with Gasteiger partial charge in [0.1, 0.15) is 0 Å². The second-order valence-corrected chi connectivity index (χ2v) is 10.6. The first kappa shape index (κ1) is 10.4. The molecule has 0 fully saturated rings. The molecule has 3 nitrogen and oxygen atoms in total. The zero-order valence-corrected chi connectivity index (χ0v) is 11.1. The Kier molecular flexibility index (Phi) is 3.35. The van der Waals surface area contributed by atoms with E-state index >= 15 is 0 Å². The van der Waals surface area contributed by atoms with Crippen LogP contribution in [-0.4, -0.2) is 23.3 Å². The maximum atomic E-state index is 9.04. The average molecular weight is 346 g/mol. The third-order valence-corrected chi connectivity index (χ3v) is 6.92. The van der Waals surface area contributed by atoms with Crippen LogP contribution in [0.3, 0.4) is 0 Å². The van der Waals surface area contributed by atoms with Gasteiger partial charge in [-0.15, -0.1) is 0 Å². The minimum atomic E-state index is -0.143. The summed E-state index contributed by atoms with van der Waals surface area (Å²) in [5.41, 5.74) is 0. The van der Waals surface area contributed by atoms with Crippen molar-refractivity contribution in [3.05, 3.63) is 4.88 Å². The number of rotatable bonds is 1. The van der Waals surface area contributed by atoms with Crippen LogP contribution in [0.5, 0.6) is 5.88 Å². The molecule has 1 aromatic rings. The fourth-order valence-electron chi connectivity index (χ4n) is 1.12. The number of aromatic nitrogens is 1. The second-order valence-electron chi connectivity index (χ2n) is 2.58. The molecule has 1 aromatic heterocycles. The van der Waals surface area contributed by atoms with Crippen molar-refractivity contribution in [3.8, 4) is 5.88 Å². The van der Waals surface area contributed by atoms with Gasteiger partial charge in [-0.05, 0) is 0 Å². The molecule has 0 amide bonds. The Morgan fingerprint density at radius 1 is 1.85 bits per heavy atom. The van der Waals surface area contributed by atoms with E-state index in [9.17, 15) is 0 Å². The quantitative estimate of drug-likeness (QED) is 0.482. The number of aliphatic hydroxyl groups excluding tert-OH is 1. The number of aliphatic hydroxyl groups is 1. The molecule has 1 unspecified atom stereocenters. The van der Waals surface area contributed by atoms with Crippen molar-refractivity contribution in [2.24, 2.45) is 0 Å². The van der Waals surface area contributed by atoms with Gasteiger partial charge in [0.05, 0.1) is 0 Å². The Morgan fingerprint density at radius 3 is 3.23 bits per heavy atom. The van der Waals surface area contributed by atoms with Crippen molar-refractivity contribution in [1.29, 1.82) is 0 Å². The van der Waals surface area contributed by atoms with Crippen LogP contribution in [0.25, 0.3) is 0 Å². The van der Waals surface area contributed by atoms with Crippen LogP contribution < -0.4 is 4.74 Å². The summed E-state index contributed by atoms with van der Waals surface area (Å²) in [5.74, 6) is 0.816. The number of ether oxygens (including phenoxy) is 1. The Balaban J connectivity index is 2.38. The van der Waals surface area contributed by atoms with E-state index in [4.69, 9.17) is 9.84 Å². The summed E-state index contributed by atoms with van der Waals surface area (Å²) in [6.45, 7) is 0.697. The Labute approximate surface area is 95.9 Å². The van der Waals surface area contributed by atoms with E-state index < -0.39 is 0 Å². The Hall–Kier alpha value is 0.900. The first-order valence-corrected chi connectivity index (χ1v) is 9.20. The molecule has 0 aromatic carbocycles. The van der Waals surface area contributed by atoms with Crippen LogP contribution in [0.1, 0.15) is 10.8 Å². The van der Waals surface area contributed by atoms with Crippen molar-refractivity contribution < 1.29 is 9.84 Å². The Bertz CT molecular complexity index is 399. The summed E-state index contributed by atoms with van der Waals surface area (Å²) < 4.78 is 6.32. The number of halogens is 1. The standard InChI is InChI=1S/C6H6INO2PS2/c7-13(11)6-8-5-4(12-6)3(1-9)2-10-5/h3,9H,1-2H2/q-1. The van der Waals surface area contributed by atoms with Gasteiger partial charge in [0, 0.05) is 0 Å². The number of thiazole rings is 1. The topological polar surface area (TPSA) is 42.4 Å².